The lowest BCUT2D eigenvalue weighted by atomic mass is 10.1. The van der Waals surface area contributed by atoms with Gasteiger partial charge in [-0.15, -0.1) is 0 Å². The summed E-state index contributed by atoms with van der Waals surface area (Å²) in [4.78, 5) is 14.4. The first-order valence-corrected chi connectivity index (χ1v) is 10.4. The van der Waals surface area contributed by atoms with Gasteiger partial charge in [0, 0.05) is 49.5 Å². The number of nitrogens with zero attached hydrogens (tertiary/aromatic N) is 4. The Balaban J connectivity index is 1.56. The van der Waals surface area contributed by atoms with Crippen LogP contribution in [0.3, 0.4) is 0 Å². The largest absolute Gasteiger partial charge is 0.368 e. The van der Waals surface area contributed by atoms with Gasteiger partial charge in [0.1, 0.15) is 5.82 Å². The van der Waals surface area contributed by atoms with E-state index < -0.39 is 0 Å². The zero-order valence-electron chi connectivity index (χ0n) is 17.5. The summed E-state index contributed by atoms with van der Waals surface area (Å²) < 4.78 is 0. The molecule has 29 heavy (non-hydrogen) atoms. The normalized spacial score (nSPS) is 14.3. The van der Waals surface area contributed by atoms with Crippen molar-refractivity contribution >= 4 is 17.5 Å². The zero-order valence-corrected chi connectivity index (χ0v) is 17.5. The Morgan fingerprint density at radius 1 is 0.828 bits per heavy atom. The second-order valence-electron chi connectivity index (χ2n) is 7.91. The van der Waals surface area contributed by atoms with Crippen molar-refractivity contribution < 1.29 is 0 Å². The summed E-state index contributed by atoms with van der Waals surface area (Å²) in [5, 5.41) is 3.38. The third kappa shape index (κ3) is 4.67. The molecule has 5 heteroatoms. The molecule has 4 rings (SSSR count). The number of piperazine rings is 1. The van der Waals surface area contributed by atoms with Crippen molar-refractivity contribution in [1.82, 2.24) is 9.97 Å². The van der Waals surface area contributed by atoms with Gasteiger partial charge in [-0.2, -0.15) is 4.98 Å². The molecule has 0 spiro atoms. The molecule has 1 N–H and O–H groups in total. The predicted octanol–water partition coefficient (Wildman–Crippen LogP) is 4.60. The molecule has 0 aliphatic carbocycles. The van der Waals surface area contributed by atoms with Crippen LogP contribution in [0.4, 0.5) is 17.5 Å². The Bertz CT molecular complexity index is 946. The van der Waals surface area contributed by atoms with E-state index in [0.717, 1.165) is 43.3 Å². The number of anilines is 3. The molecule has 2 heterocycles. The van der Waals surface area contributed by atoms with Crippen molar-refractivity contribution in [3.63, 3.8) is 0 Å². The maximum atomic E-state index is 4.82. The van der Waals surface area contributed by atoms with Crippen LogP contribution in [0.15, 0.2) is 60.7 Å². The highest BCUT2D eigenvalue weighted by molar-refractivity contribution is 5.65. The van der Waals surface area contributed by atoms with Gasteiger partial charge in [-0.05, 0) is 38.5 Å². The Morgan fingerprint density at radius 3 is 2.24 bits per heavy atom. The van der Waals surface area contributed by atoms with Gasteiger partial charge >= 0.3 is 0 Å². The van der Waals surface area contributed by atoms with Crippen molar-refractivity contribution in [2.24, 2.45) is 0 Å². The second-order valence-corrected chi connectivity index (χ2v) is 7.91. The van der Waals surface area contributed by atoms with Gasteiger partial charge in [-0.1, -0.05) is 42.5 Å². The van der Waals surface area contributed by atoms with E-state index in [1.54, 1.807) is 0 Å². The summed E-state index contributed by atoms with van der Waals surface area (Å²) in [6, 6.07) is 21.5. The van der Waals surface area contributed by atoms with E-state index in [0.29, 0.717) is 5.95 Å². The molecule has 0 unspecified atom stereocenters. The Morgan fingerprint density at radius 2 is 1.55 bits per heavy atom. The summed E-state index contributed by atoms with van der Waals surface area (Å²) in [6.45, 7) is 10.2. The van der Waals surface area contributed by atoms with Crippen molar-refractivity contribution in [2.75, 3.05) is 41.3 Å². The topological polar surface area (TPSA) is 44.3 Å². The third-order valence-corrected chi connectivity index (χ3v) is 5.17. The van der Waals surface area contributed by atoms with Crippen molar-refractivity contribution in [3.05, 3.63) is 66.2 Å². The Labute approximate surface area is 173 Å². The molecule has 0 bridgehead atoms. The van der Waals surface area contributed by atoms with Gasteiger partial charge in [-0.25, -0.2) is 4.98 Å². The van der Waals surface area contributed by atoms with E-state index in [4.69, 9.17) is 9.97 Å². The van der Waals surface area contributed by atoms with Crippen LogP contribution >= 0.6 is 0 Å². The van der Waals surface area contributed by atoms with E-state index in [1.807, 2.05) is 18.2 Å². The fourth-order valence-electron chi connectivity index (χ4n) is 3.69. The summed E-state index contributed by atoms with van der Waals surface area (Å²) in [7, 11) is 0. The summed E-state index contributed by atoms with van der Waals surface area (Å²) in [6.07, 6.45) is 0. The van der Waals surface area contributed by atoms with Crippen LogP contribution in [-0.2, 0) is 0 Å². The van der Waals surface area contributed by atoms with E-state index in [1.165, 1.54) is 11.3 Å². The SMILES string of the molecule is Cc1cccc(N2CCN(c3cc(-c4ccccc4)nc(NC(C)C)n3)CC2)c1. The number of hydrogen-bond donors (Lipinski definition) is 1. The molecule has 5 nitrogen and oxygen atoms in total. The van der Waals surface area contributed by atoms with Crippen LogP contribution in [0.25, 0.3) is 11.3 Å². The smallest absolute Gasteiger partial charge is 0.225 e. The molecular formula is C24H29N5. The van der Waals surface area contributed by atoms with E-state index in [9.17, 15) is 0 Å². The minimum Gasteiger partial charge on any atom is -0.368 e. The summed E-state index contributed by atoms with van der Waals surface area (Å²) >= 11 is 0. The van der Waals surface area contributed by atoms with Gasteiger partial charge in [0.25, 0.3) is 0 Å². The van der Waals surface area contributed by atoms with Crippen LogP contribution in [0.1, 0.15) is 19.4 Å². The van der Waals surface area contributed by atoms with E-state index in [2.05, 4.69) is 78.4 Å². The molecule has 2 aromatic carbocycles. The number of aromatic nitrogens is 2. The lowest BCUT2D eigenvalue weighted by Gasteiger charge is -2.37. The molecule has 150 valence electrons. The van der Waals surface area contributed by atoms with Crippen LogP contribution in [0.2, 0.25) is 0 Å². The van der Waals surface area contributed by atoms with Gasteiger partial charge in [0.2, 0.25) is 5.95 Å². The molecule has 0 amide bonds. The average Bonchev–Trinajstić information content (AvgIpc) is 2.74. The number of benzene rings is 2. The lowest BCUT2D eigenvalue weighted by molar-refractivity contribution is 0.647. The van der Waals surface area contributed by atoms with Gasteiger partial charge in [0.05, 0.1) is 5.69 Å². The average molecular weight is 388 g/mol. The van der Waals surface area contributed by atoms with Crippen LogP contribution in [0, 0.1) is 6.92 Å². The molecule has 1 aliphatic rings. The number of nitrogens with one attached hydrogen (secondary N) is 1. The molecular weight excluding hydrogens is 358 g/mol. The van der Waals surface area contributed by atoms with Gasteiger partial charge < -0.3 is 15.1 Å². The van der Waals surface area contributed by atoms with E-state index in [-0.39, 0.29) is 6.04 Å². The lowest BCUT2D eigenvalue weighted by Crippen LogP contribution is -2.47. The molecule has 1 aromatic heterocycles. The molecule has 1 saturated heterocycles. The molecule has 0 atom stereocenters. The summed E-state index contributed by atoms with van der Waals surface area (Å²) in [5.41, 5.74) is 4.68. The minimum absolute atomic E-state index is 0.284. The van der Waals surface area contributed by atoms with Crippen molar-refractivity contribution in [1.29, 1.82) is 0 Å². The molecule has 1 aliphatic heterocycles. The Hall–Kier alpha value is -3.08. The Kier molecular flexibility index (Phi) is 5.65. The quantitative estimate of drug-likeness (QED) is 0.693. The molecule has 3 aromatic rings. The van der Waals surface area contributed by atoms with Crippen LogP contribution in [0.5, 0.6) is 0 Å². The summed E-state index contributed by atoms with van der Waals surface area (Å²) in [5.74, 6) is 1.68. The maximum Gasteiger partial charge on any atom is 0.225 e. The first-order valence-electron chi connectivity index (χ1n) is 10.4. The zero-order chi connectivity index (χ0) is 20.2. The first kappa shape index (κ1) is 19.2. The third-order valence-electron chi connectivity index (χ3n) is 5.17. The number of rotatable bonds is 5. The molecule has 0 radical (unpaired) electrons. The molecule has 0 saturated carbocycles. The standard InChI is InChI=1S/C24H29N5/c1-18(2)25-24-26-22(20-9-5-4-6-10-20)17-23(27-24)29-14-12-28(13-15-29)21-11-7-8-19(3)16-21/h4-11,16-18H,12-15H2,1-3H3,(H,25,26,27). The highest BCUT2D eigenvalue weighted by Crippen LogP contribution is 2.25. The van der Waals surface area contributed by atoms with Crippen molar-refractivity contribution in [3.8, 4) is 11.3 Å². The molecule has 1 fully saturated rings. The monoisotopic (exact) mass is 387 g/mol. The first-order chi connectivity index (χ1) is 14.1. The van der Waals surface area contributed by atoms with Crippen LogP contribution in [-0.4, -0.2) is 42.2 Å². The highest BCUT2D eigenvalue weighted by atomic mass is 15.3. The second kappa shape index (κ2) is 8.52. The fraction of sp³-hybridized carbons (Fsp3) is 0.333. The predicted molar refractivity (Wildman–Crippen MR) is 122 cm³/mol. The fourth-order valence-corrected chi connectivity index (χ4v) is 3.69. The van der Waals surface area contributed by atoms with Gasteiger partial charge in [0.15, 0.2) is 0 Å². The maximum absolute atomic E-state index is 4.82. The van der Waals surface area contributed by atoms with Crippen molar-refractivity contribution in [2.45, 2.75) is 26.8 Å². The van der Waals surface area contributed by atoms with Crippen LogP contribution < -0.4 is 15.1 Å². The van der Waals surface area contributed by atoms with Gasteiger partial charge in [-0.3, -0.25) is 0 Å². The number of aryl methyl sites for hydroxylation is 1. The highest BCUT2D eigenvalue weighted by Gasteiger charge is 2.20. The number of hydrogen-bond acceptors (Lipinski definition) is 5. The minimum atomic E-state index is 0.284. The van der Waals surface area contributed by atoms with E-state index >= 15 is 0 Å².